The van der Waals surface area contributed by atoms with Gasteiger partial charge in [-0.1, -0.05) is 17.7 Å². The van der Waals surface area contributed by atoms with Gasteiger partial charge in [0.2, 0.25) is 11.8 Å². The molecule has 0 radical (unpaired) electrons. The first-order valence-electron chi connectivity index (χ1n) is 10.3. The van der Waals surface area contributed by atoms with E-state index < -0.39 is 11.9 Å². The van der Waals surface area contributed by atoms with E-state index in [2.05, 4.69) is 5.32 Å². The minimum Gasteiger partial charge on any atom is -0.382 e. The number of nitrogens with one attached hydrogen (secondary N) is 1. The minimum absolute atomic E-state index is 0.0393. The van der Waals surface area contributed by atoms with Crippen LogP contribution in [0.25, 0.3) is 0 Å². The Kier molecular flexibility index (Phi) is 8.44. The summed E-state index contributed by atoms with van der Waals surface area (Å²) < 4.78 is 24.1. The van der Waals surface area contributed by atoms with Crippen LogP contribution >= 0.6 is 11.6 Å². The maximum atomic E-state index is 13.3. The molecule has 1 unspecified atom stereocenters. The summed E-state index contributed by atoms with van der Waals surface area (Å²) >= 11 is 6.16. The summed E-state index contributed by atoms with van der Waals surface area (Å²) in [5.41, 5.74) is 0.735. The number of likely N-dealkylation sites (tertiary alicyclic amines) is 1. The van der Waals surface area contributed by atoms with Crippen LogP contribution in [-0.2, 0) is 25.6 Å². The molecule has 0 aliphatic carbocycles. The highest BCUT2D eigenvalue weighted by atomic mass is 35.5. The molecule has 0 saturated carbocycles. The highest BCUT2D eigenvalue weighted by Crippen LogP contribution is 2.23. The van der Waals surface area contributed by atoms with Gasteiger partial charge in [0.1, 0.15) is 5.82 Å². The Morgan fingerprint density at radius 3 is 2.73 bits per heavy atom. The van der Waals surface area contributed by atoms with Crippen LogP contribution in [0.2, 0.25) is 5.02 Å². The van der Waals surface area contributed by atoms with E-state index in [4.69, 9.17) is 21.1 Å². The number of rotatable bonds is 8. The smallest absolute Gasteiger partial charge is 0.237 e. The molecule has 1 aromatic rings. The molecule has 1 aromatic carbocycles. The zero-order valence-corrected chi connectivity index (χ0v) is 18.0. The molecule has 166 valence electrons. The number of halogens is 2. The summed E-state index contributed by atoms with van der Waals surface area (Å²) in [6.45, 7) is 3.85. The number of nitrogens with zero attached hydrogens (tertiary/aromatic N) is 2. The van der Waals surface area contributed by atoms with Crippen molar-refractivity contribution in [3.8, 4) is 0 Å². The van der Waals surface area contributed by atoms with E-state index >= 15 is 0 Å². The first-order valence-corrected chi connectivity index (χ1v) is 10.7. The number of piperazine rings is 1. The summed E-state index contributed by atoms with van der Waals surface area (Å²) in [5, 5.41) is 3.16. The normalized spacial score (nSPS) is 21.0. The number of benzene rings is 1. The Balaban J connectivity index is 1.56. The second-order valence-electron chi connectivity index (χ2n) is 7.66. The summed E-state index contributed by atoms with van der Waals surface area (Å²) in [4.78, 5) is 29.1. The van der Waals surface area contributed by atoms with E-state index in [0.29, 0.717) is 51.0 Å². The topological polar surface area (TPSA) is 71.1 Å². The largest absolute Gasteiger partial charge is 0.382 e. The lowest BCUT2D eigenvalue weighted by Crippen LogP contribution is -2.56. The van der Waals surface area contributed by atoms with Crippen molar-refractivity contribution in [1.29, 1.82) is 0 Å². The molecule has 0 bridgehead atoms. The van der Waals surface area contributed by atoms with Gasteiger partial charge in [-0.25, -0.2) is 4.39 Å². The van der Waals surface area contributed by atoms with Crippen molar-refractivity contribution < 1.29 is 23.5 Å². The zero-order chi connectivity index (χ0) is 21.5. The SMILES string of the molecule is COCCOC1CCN(C(=O)CC2C(=O)NCCN2Cc2ccc(F)cc2Cl)CC1. The first kappa shape index (κ1) is 22.9. The number of hydrogen-bond acceptors (Lipinski definition) is 5. The molecule has 2 saturated heterocycles. The highest BCUT2D eigenvalue weighted by Gasteiger charge is 2.34. The molecule has 2 heterocycles. The lowest BCUT2D eigenvalue weighted by Gasteiger charge is -2.37. The van der Waals surface area contributed by atoms with Crippen LogP contribution in [0.4, 0.5) is 4.39 Å². The fraction of sp³-hybridized carbons (Fsp3) is 0.619. The van der Waals surface area contributed by atoms with Gasteiger partial charge in [-0.15, -0.1) is 0 Å². The van der Waals surface area contributed by atoms with Crippen molar-refractivity contribution in [2.24, 2.45) is 0 Å². The number of piperidine rings is 1. The lowest BCUT2D eigenvalue weighted by molar-refractivity contribution is -0.140. The van der Waals surface area contributed by atoms with Gasteiger partial charge in [0.25, 0.3) is 0 Å². The van der Waals surface area contributed by atoms with Crippen molar-refractivity contribution in [2.75, 3.05) is 46.5 Å². The Bertz CT molecular complexity index is 743. The van der Waals surface area contributed by atoms with E-state index in [-0.39, 0.29) is 24.3 Å². The number of hydrogen-bond donors (Lipinski definition) is 1. The van der Waals surface area contributed by atoms with Gasteiger partial charge >= 0.3 is 0 Å². The average Bonchev–Trinajstić information content (AvgIpc) is 2.73. The van der Waals surface area contributed by atoms with Gasteiger partial charge in [0.15, 0.2) is 0 Å². The van der Waals surface area contributed by atoms with Crippen molar-refractivity contribution in [1.82, 2.24) is 15.1 Å². The summed E-state index contributed by atoms with van der Waals surface area (Å²) in [5.74, 6) is -0.602. The molecule has 3 rings (SSSR count). The number of amides is 2. The van der Waals surface area contributed by atoms with Gasteiger partial charge in [0.05, 0.1) is 31.8 Å². The summed E-state index contributed by atoms with van der Waals surface area (Å²) in [6, 6.07) is 3.67. The minimum atomic E-state index is -0.567. The molecule has 2 amide bonds. The van der Waals surface area contributed by atoms with Gasteiger partial charge in [0, 0.05) is 44.9 Å². The average molecular weight is 442 g/mol. The van der Waals surface area contributed by atoms with Gasteiger partial charge < -0.3 is 19.7 Å². The standard InChI is InChI=1S/C21H29ClFN3O4/c1-29-10-11-30-17-4-7-25(8-5-17)20(27)13-19-21(28)24-6-9-26(19)14-15-2-3-16(23)12-18(15)22/h2-3,12,17,19H,4-11,13-14H2,1H3,(H,24,28). The second-order valence-corrected chi connectivity index (χ2v) is 8.07. The van der Waals surface area contributed by atoms with Crippen LogP contribution in [0.3, 0.4) is 0 Å². The molecule has 2 aliphatic rings. The molecular formula is C21H29ClFN3O4. The van der Waals surface area contributed by atoms with E-state index in [1.54, 1.807) is 18.1 Å². The van der Waals surface area contributed by atoms with Crippen LogP contribution in [-0.4, -0.2) is 80.3 Å². The Hall–Kier alpha value is -1.74. The molecule has 1 atom stereocenters. The molecular weight excluding hydrogens is 413 g/mol. The van der Waals surface area contributed by atoms with Crippen molar-refractivity contribution in [2.45, 2.75) is 38.0 Å². The second kappa shape index (κ2) is 11.0. The Morgan fingerprint density at radius 2 is 2.03 bits per heavy atom. The number of carbonyl (C=O) groups excluding carboxylic acids is 2. The van der Waals surface area contributed by atoms with E-state index in [1.165, 1.54) is 12.1 Å². The van der Waals surface area contributed by atoms with Crippen LogP contribution in [0.15, 0.2) is 18.2 Å². The monoisotopic (exact) mass is 441 g/mol. The highest BCUT2D eigenvalue weighted by molar-refractivity contribution is 6.31. The number of methoxy groups -OCH3 is 1. The lowest BCUT2D eigenvalue weighted by atomic mass is 10.0. The van der Waals surface area contributed by atoms with Crippen molar-refractivity contribution >= 4 is 23.4 Å². The number of ether oxygens (including phenoxy) is 2. The van der Waals surface area contributed by atoms with Crippen molar-refractivity contribution in [3.63, 3.8) is 0 Å². The Labute approximate surface area is 181 Å². The quantitative estimate of drug-likeness (QED) is 0.623. The molecule has 0 aromatic heterocycles. The fourth-order valence-corrected chi connectivity index (χ4v) is 4.13. The van der Waals surface area contributed by atoms with Crippen molar-refractivity contribution in [3.05, 3.63) is 34.6 Å². The van der Waals surface area contributed by atoms with Crippen LogP contribution in [0, 0.1) is 5.82 Å². The van der Waals surface area contributed by atoms with E-state index in [9.17, 15) is 14.0 Å². The third-order valence-electron chi connectivity index (χ3n) is 5.63. The molecule has 1 N–H and O–H groups in total. The maximum absolute atomic E-state index is 13.3. The first-order chi connectivity index (χ1) is 14.5. The molecule has 30 heavy (non-hydrogen) atoms. The fourth-order valence-electron chi connectivity index (χ4n) is 3.91. The van der Waals surface area contributed by atoms with Gasteiger partial charge in [-0.3, -0.25) is 14.5 Å². The maximum Gasteiger partial charge on any atom is 0.237 e. The molecule has 2 fully saturated rings. The molecule has 2 aliphatic heterocycles. The van der Waals surface area contributed by atoms with E-state index in [0.717, 1.165) is 18.4 Å². The predicted octanol–water partition coefficient (Wildman–Crippen LogP) is 1.82. The summed E-state index contributed by atoms with van der Waals surface area (Å²) in [7, 11) is 1.64. The Morgan fingerprint density at radius 1 is 1.27 bits per heavy atom. The summed E-state index contributed by atoms with van der Waals surface area (Å²) in [6.07, 6.45) is 1.81. The molecule has 9 heteroatoms. The predicted molar refractivity (Wildman–Crippen MR) is 111 cm³/mol. The zero-order valence-electron chi connectivity index (χ0n) is 17.2. The van der Waals surface area contributed by atoms with Crippen LogP contribution < -0.4 is 5.32 Å². The number of carbonyl (C=O) groups is 2. The van der Waals surface area contributed by atoms with Gasteiger partial charge in [-0.2, -0.15) is 0 Å². The van der Waals surface area contributed by atoms with E-state index in [1.807, 2.05) is 4.90 Å². The molecule has 0 spiro atoms. The van der Waals surface area contributed by atoms with Crippen LogP contribution in [0.5, 0.6) is 0 Å². The van der Waals surface area contributed by atoms with Crippen LogP contribution in [0.1, 0.15) is 24.8 Å². The third-order valence-corrected chi connectivity index (χ3v) is 5.99. The third kappa shape index (κ3) is 6.14. The molecule has 7 nitrogen and oxygen atoms in total. The van der Waals surface area contributed by atoms with Gasteiger partial charge in [-0.05, 0) is 30.5 Å².